The van der Waals surface area contributed by atoms with Crippen LogP contribution in [0, 0.1) is 0 Å². The number of fused-ring (bicyclic) bond motifs is 1. The molecular weight excluding hydrogens is 357 g/mol. The van der Waals surface area contributed by atoms with Crippen LogP contribution in [0.25, 0.3) is 28.7 Å². The van der Waals surface area contributed by atoms with Crippen molar-refractivity contribution in [1.82, 2.24) is 39.5 Å². The van der Waals surface area contributed by atoms with Crippen LogP contribution in [0.3, 0.4) is 0 Å². The maximum Gasteiger partial charge on any atom is 0.451 e. The zero-order valence-electron chi connectivity index (χ0n) is 12.5. The highest BCUT2D eigenvalue weighted by Gasteiger charge is 2.36. The molecule has 0 unspecified atom stereocenters. The molecule has 0 fully saturated rings. The van der Waals surface area contributed by atoms with E-state index in [9.17, 15) is 18.0 Å². The smallest absolute Gasteiger partial charge is 0.451 e. The van der Waals surface area contributed by atoms with Gasteiger partial charge in [-0.15, -0.1) is 0 Å². The van der Waals surface area contributed by atoms with E-state index in [1.165, 1.54) is 29.2 Å². The highest BCUT2D eigenvalue weighted by atomic mass is 19.4. The predicted molar refractivity (Wildman–Crippen MR) is 77.9 cm³/mol. The fourth-order valence-corrected chi connectivity index (χ4v) is 2.34. The number of hydrogen-bond acceptors (Lipinski definition) is 6. The molecule has 3 N–H and O–H groups in total. The van der Waals surface area contributed by atoms with Crippen molar-refractivity contribution in [1.29, 1.82) is 0 Å². The zero-order valence-corrected chi connectivity index (χ0v) is 12.5. The van der Waals surface area contributed by atoms with E-state index in [2.05, 4.69) is 30.0 Å². The molecule has 4 aromatic rings. The lowest BCUT2D eigenvalue weighted by molar-refractivity contribution is -0.144. The van der Waals surface area contributed by atoms with Crippen LogP contribution in [0.5, 0.6) is 0 Å². The maximum atomic E-state index is 12.8. The summed E-state index contributed by atoms with van der Waals surface area (Å²) in [5, 5.41) is 14.4. The lowest BCUT2D eigenvalue weighted by Gasteiger charge is -2.01. The third-order valence-corrected chi connectivity index (χ3v) is 3.43. The molecule has 0 radical (unpaired) electrons. The first-order valence-electron chi connectivity index (χ1n) is 6.95. The van der Waals surface area contributed by atoms with E-state index in [4.69, 9.17) is 5.11 Å². The van der Waals surface area contributed by atoms with Gasteiger partial charge in [-0.2, -0.15) is 18.3 Å². The molecule has 0 aromatic carbocycles. The Hall–Kier alpha value is -3.77. The Labute approximate surface area is 140 Å². The van der Waals surface area contributed by atoms with Crippen LogP contribution in [0.15, 0.2) is 24.8 Å². The van der Waals surface area contributed by atoms with Gasteiger partial charge in [0, 0.05) is 6.20 Å². The number of alkyl halides is 3. The van der Waals surface area contributed by atoms with Crippen molar-refractivity contribution < 1.29 is 23.1 Å². The fraction of sp³-hybridized carbons (Fsp3) is 0.0769. The molecule has 0 atom stereocenters. The monoisotopic (exact) mass is 364 g/mol. The summed E-state index contributed by atoms with van der Waals surface area (Å²) in [4.78, 5) is 29.2. The predicted octanol–water partition coefficient (Wildman–Crippen LogP) is 1.62. The summed E-state index contributed by atoms with van der Waals surface area (Å²) >= 11 is 0. The molecule has 132 valence electrons. The second-order valence-corrected chi connectivity index (χ2v) is 5.07. The first kappa shape index (κ1) is 15.7. The Bertz CT molecular complexity index is 1110. The minimum atomic E-state index is -4.70. The Morgan fingerprint density at radius 1 is 1.23 bits per heavy atom. The van der Waals surface area contributed by atoms with Gasteiger partial charge in [0.1, 0.15) is 11.4 Å². The first-order chi connectivity index (χ1) is 12.3. The number of imidazole rings is 2. The molecule has 0 spiro atoms. The molecule has 0 aliphatic heterocycles. The Kier molecular flexibility index (Phi) is 3.25. The number of nitrogens with zero attached hydrogens (tertiary/aromatic N) is 6. The quantitative estimate of drug-likeness (QED) is 0.502. The summed E-state index contributed by atoms with van der Waals surface area (Å²) in [7, 11) is 0. The van der Waals surface area contributed by atoms with Gasteiger partial charge in [0.2, 0.25) is 17.4 Å². The average molecular weight is 364 g/mol. The Morgan fingerprint density at radius 3 is 2.65 bits per heavy atom. The standard InChI is InChI=1S/C13H7F3N8O2/c14-13(15,16)11-21-9(22-23-11)7-8(6-3-17-4-18-6)24-2-1-5(10(25)26)19-12(24)20-7/h1-4H,(H,17,18)(H,25,26)(H,21,22,23). The van der Waals surface area contributed by atoms with Gasteiger partial charge in [0.05, 0.1) is 18.2 Å². The minimum absolute atomic E-state index is 0.0176. The van der Waals surface area contributed by atoms with Crippen LogP contribution in [0.2, 0.25) is 0 Å². The number of aromatic carboxylic acids is 1. The van der Waals surface area contributed by atoms with Crippen molar-refractivity contribution in [3.8, 4) is 22.9 Å². The second kappa shape index (κ2) is 5.37. The van der Waals surface area contributed by atoms with Crippen molar-refractivity contribution in [2.45, 2.75) is 6.18 Å². The van der Waals surface area contributed by atoms with Gasteiger partial charge in [-0.05, 0) is 6.07 Å². The number of aromatic nitrogens is 8. The number of halogens is 3. The summed E-state index contributed by atoms with van der Waals surface area (Å²) in [5.41, 5.74) is 0.414. The van der Waals surface area contributed by atoms with Crippen molar-refractivity contribution >= 4 is 11.7 Å². The van der Waals surface area contributed by atoms with E-state index < -0.39 is 18.0 Å². The van der Waals surface area contributed by atoms with E-state index in [-0.39, 0.29) is 28.7 Å². The van der Waals surface area contributed by atoms with Crippen LogP contribution in [-0.2, 0) is 6.18 Å². The fourth-order valence-electron chi connectivity index (χ4n) is 2.34. The Balaban J connectivity index is 1.97. The molecular formula is C13H7F3N8O2. The van der Waals surface area contributed by atoms with Crippen molar-refractivity contribution in [2.24, 2.45) is 0 Å². The molecule has 10 nitrogen and oxygen atoms in total. The number of aromatic amines is 2. The molecule has 4 heterocycles. The molecule has 0 aliphatic rings. The largest absolute Gasteiger partial charge is 0.477 e. The molecule has 0 bridgehead atoms. The molecule has 13 heteroatoms. The van der Waals surface area contributed by atoms with Gasteiger partial charge >= 0.3 is 12.1 Å². The van der Waals surface area contributed by atoms with Gasteiger partial charge in [0.15, 0.2) is 5.69 Å². The molecule has 4 rings (SSSR count). The number of rotatable bonds is 3. The van der Waals surface area contributed by atoms with E-state index in [1.54, 1.807) is 0 Å². The van der Waals surface area contributed by atoms with E-state index in [0.717, 1.165) is 0 Å². The van der Waals surface area contributed by atoms with Gasteiger partial charge < -0.3 is 10.1 Å². The lowest BCUT2D eigenvalue weighted by Crippen LogP contribution is -2.07. The summed E-state index contributed by atoms with van der Waals surface area (Å²) in [6.07, 6.45) is -0.519. The van der Waals surface area contributed by atoms with Crippen molar-refractivity contribution in [3.05, 3.63) is 36.3 Å². The number of nitrogens with one attached hydrogen (secondary N) is 2. The number of carboxylic acid groups (broad SMARTS) is 1. The van der Waals surface area contributed by atoms with Gasteiger partial charge in [0.25, 0.3) is 0 Å². The molecule has 0 aliphatic carbocycles. The van der Waals surface area contributed by atoms with Crippen LogP contribution >= 0.6 is 0 Å². The third kappa shape index (κ3) is 2.45. The average Bonchev–Trinajstić information content (AvgIpc) is 3.31. The molecule has 0 amide bonds. The summed E-state index contributed by atoms with van der Waals surface area (Å²) in [6, 6.07) is 1.24. The third-order valence-electron chi connectivity index (χ3n) is 3.43. The van der Waals surface area contributed by atoms with Crippen LogP contribution in [-0.4, -0.2) is 50.6 Å². The zero-order chi connectivity index (χ0) is 18.5. The number of carbonyl (C=O) groups is 1. The maximum absolute atomic E-state index is 12.8. The Morgan fingerprint density at radius 2 is 2.04 bits per heavy atom. The molecule has 4 aromatic heterocycles. The lowest BCUT2D eigenvalue weighted by atomic mass is 10.2. The number of H-pyrrole nitrogens is 2. The van der Waals surface area contributed by atoms with Crippen molar-refractivity contribution in [2.75, 3.05) is 0 Å². The first-order valence-corrected chi connectivity index (χ1v) is 6.95. The highest BCUT2D eigenvalue weighted by molar-refractivity contribution is 5.86. The second-order valence-electron chi connectivity index (χ2n) is 5.07. The minimum Gasteiger partial charge on any atom is -0.477 e. The van der Waals surface area contributed by atoms with E-state index in [1.807, 2.05) is 5.10 Å². The number of carboxylic acids is 1. The molecule has 26 heavy (non-hydrogen) atoms. The van der Waals surface area contributed by atoms with Crippen LogP contribution < -0.4 is 0 Å². The van der Waals surface area contributed by atoms with Crippen LogP contribution in [0.1, 0.15) is 16.3 Å². The van der Waals surface area contributed by atoms with Gasteiger partial charge in [-0.3, -0.25) is 9.50 Å². The van der Waals surface area contributed by atoms with Crippen molar-refractivity contribution in [3.63, 3.8) is 0 Å². The van der Waals surface area contributed by atoms with Gasteiger partial charge in [-0.1, -0.05) is 0 Å². The summed E-state index contributed by atoms with van der Waals surface area (Å²) in [6.45, 7) is 0. The molecule has 0 saturated carbocycles. The van der Waals surface area contributed by atoms with Gasteiger partial charge in [-0.25, -0.2) is 24.7 Å². The van der Waals surface area contributed by atoms with E-state index >= 15 is 0 Å². The number of hydrogen-bond donors (Lipinski definition) is 3. The van der Waals surface area contributed by atoms with E-state index in [0.29, 0.717) is 5.69 Å². The van der Waals surface area contributed by atoms with Crippen LogP contribution in [0.4, 0.5) is 13.2 Å². The highest BCUT2D eigenvalue weighted by Crippen LogP contribution is 2.32. The normalized spacial score (nSPS) is 12.0. The summed E-state index contributed by atoms with van der Waals surface area (Å²) < 4.78 is 39.8. The topological polar surface area (TPSA) is 138 Å². The summed E-state index contributed by atoms with van der Waals surface area (Å²) in [5.74, 6) is -2.90. The molecule has 0 saturated heterocycles. The SMILES string of the molecule is O=C(O)c1ccn2c(-c3cnc[nH]3)c(-c3n[nH]c(C(F)(F)F)n3)nc2n1.